The van der Waals surface area contributed by atoms with E-state index in [0.717, 1.165) is 34.5 Å². The Bertz CT molecular complexity index is 1360. The van der Waals surface area contributed by atoms with Gasteiger partial charge in [0.05, 0.1) is 17.5 Å². The number of amides is 1. The van der Waals surface area contributed by atoms with Crippen LogP contribution in [0.3, 0.4) is 0 Å². The van der Waals surface area contributed by atoms with Gasteiger partial charge in [0.1, 0.15) is 0 Å². The van der Waals surface area contributed by atoms with E-state index in [1.807, 2.05) is 66.9 Å². The number of aryl methyl sites for hydroxylation is 2. The topological polar surface area (TPSA) is 72.2 Å². The van der Waals surface area contributed by atoms with Crippen molar-refractivity contribution in [3.63, 3.8) is 0 Å². The first-order valence-corrected chi connectivity index (χ1v) is 11.9. The van der Waals surface area contributed by atoms with Gasteiger partial charge in [-0.2, -0.15) is 18.3 Å². The van der Waals surface area contributed by atoms with E-state index in [9.17, 15) is 18.0 Å². The molecule has 1 heterocycles. The second-order valence-electron chi connectivity index (χ2n) is 8.04. The summed E-state index contributed by atoms with van der Waals surface area (Å²) >= 11 is 1.20. The van der Waals surface area contributed by atoms with Gasteiger partial charge in [0.2, 0.25) is 0 Å². The summed E-state index contributed by atoms with van der Waals surface area (Å²) in [7, 11) is 0. The van der Waals surface area contributed by atoms with Crippen molar-refractivity contribution in [3.8, 4) is 17.1 Å². The van der Waals surface area contributed by atoms with Crippen LogP contribution in [0.4, 0.5) is 13.2 Å². The lowest BCUT2D eigenvalue weighted by Gasteiger charge is -2.11. The molecule has 0 aliphatic carbocycles. The molecule has 0 unspecified atom stereocenters. The number of thioether (sulfide) groups is 1. The smallest absolute Gasteiger partial charge is 0.272 e. The minimum atomic E-state index is -4.40. The summed E-state index contributed by atoms with van der Waals surface area (Å²) < 4.78 is 39.9. The fraction of sp³-hybridized carbons (Fsp3) is 0.154. The maximum atomic E-state index is 12.7. The van der Waals surface area contributed by atoms with Gasteiger partial charge in [-0.25, -0.2) is 5.43 Å². The predicted octanol–water partition coefficient (Wildman–Crippen LogP) is 5.81. The van der Waals surface area contributed by atoms with Crippen LogP contribution < -0.4 is 5.43 Å². The van der Waals surface area contributed by atoms with Crippen molar-refractivity contribution in [1.29, 1.82) is 0 Å². The summed E-state index contributed by atoms with van der Waals surface area (Å²) in [4.78, 5) is 12.3. The Kier molecular flexibility index (Phi) is 7.54. The number of benzene rings is 3. The number of aromatic nitrogens is 3. The zero-order valence-electron chi connectivity index (χ0n) is 19.5. The third-order valence-electron chi connectivity index (χ3n) is 5.21. The van der Waals surface area contributed by atoms with Crippen molar-refractivity contribution in [2.24, 2.45) is 5.10 Å². The molecule has 0 aliphatic heterocycles. The van der Waals surface area contributed by atoms with E-state index in [0.29, 0.717) is 16.5 Å². The van der Waals surface area contributed by atoms with Crippen molar-refractivity contribution >= 4 is 23.9 Å². The summed E-state index contributed by atoms with van der Waals surface area (Å²) in [6.07, 6.45) is -3.12. The zero-order chi connectivity index (χ0) is 25.7. The Labute approximate surface area is 210 Å². The van der Waals surface area contributed by atoms with Gasteiger partial charge >= 0.3 is 6.18 Å². The van der Waals surface area contributed by atoms with Crippen LogP contribution in [0.2, 0.25) is 0 Å². The lowest BCUT2D eigenvalue weighted by molar-refractivity contribution is -0.137. The number of carbonyl (C=O) groups excluding carboxylic acids is 1. The molecule has 0 aliphatic rings. The minimum Gasteiger partial charge on any atom is -0.272 e. The largest absolute Gasteiger partial charge is 0.416 e. The number of rotatable bonds is 7. The molecule has 1 aromatic heterocycles. The van der Waals surface area contributed by atoms with E-state index < -0.39 is 17.6 Å². The molecule has 0 radical (unpaired) electrons. The number of alkyl halides is 3. The Balaban J connectivity index is 1.46. The lowest BCUT2D eigenvalue weighted by Crippen LogP contribution is -2.20. The second-order valence-corrected chi connectivity index (χ2v) is 8.99. The molecule has 10 heteroatoms. The summed E-state index contributed by atoms with van der Waals surface area (Å²) in [6.45, 7) is 4.01. The summed E-state index contributed by atoms with van der Waals surface area (Å²) in [5.74, 6) is 0.281. The molecule has 1 N–H and O–H groups in total. The molecule has 0 saturated heterocycles. The highest BCUT2D eigenvalue weighted by Crippen LogP contribution is 2.29. The van der Waals surface area contributed by atoms with E-state index in [4.69, 9.17) is 0 Å². The number of hydrogen-bond acceptors (Lipinski definition) is 5. The Morgan fingerprint density at radius 3 is 2.17 bits per heavy atom. The molecule has 184 valence electrons. The van der Waals surface area contributed by atoms with Gasteiger partial charge in [0, 0.05) is 11.3 Å². The Morgan fingerprint density at radius 1 is 0.944 bits per heavy atom. The van der Waals surface area contributed by atoms with Crippen LogP contribution in [-0.4, -0.2) is 32.6 Å². The highest BCUT2D eigenvalue weighted by molar-refractivity contribution is 7.99. The van der Waals surface area contributed by atoms with Gasteiger partial charge in [-0.1, -0.05) is 71.4 Å². The van der Waals surface area contributed by atoms with Crippen LogP contribution in [0.5, 0.6) is 0 Å². The van der Waals surface area contributed by atoms with Crippen molar-refractivity contribution in [2.45, 2.75) is 25.2 Å². The Morgan fingerprint density at radius 2 is 1.56 bits per heavy atom. The highest BCUT2D eigenvalue weighted by Gasteiger charge is 2.29. The fourth-order valence-corrected chi connectivity index (χ4v) is 4.02. The molecule has 4 aromatic rings. The first kappa shape index (κ1) is 25.2. The molecule has 0 atom stereocenters. The quantitative estimate of drug-likeness (QED) is 0.194. The van der Waals surface area contributed by atoms with Crippen molar-refractivity contribution < 1.29 is 18.0 Å². The molecule has 36 heavy (non-hydrogen) atoms. The molecule has 6 nitrogen and oxygen atoms in total. The molecular weight excluding hydrogens is 487 g/mol. The van der Waals surface area contributed by atoms with Gasteiger partial charge in [-0.3, -0.25) is 9.36 Å². The molecule has 0 fully saturated rings. The van der Waals surface area contributed by atoms with E-state index in [-0.39, 0.29) is 5.75 Å². The van der Waals surface area contributed by atoms with Crippen LogP contribution in [0, 0.1) is 13.8 Å². The Hall–Kier alpha value is -3.92. The SMILES string of the molecule is Cc1ccc(-c2nnc(SCC(=O)N/N=C\c3ccc(C(F)(F)F)cc3)n2-c2ccc(C)cc2)cc1. The fourth-order valence-electron chi connectivity index (χ4n) is 3.28. The predicted molar refractivity (Wildman–Crippen MR) is 134 cm³/mol. The highest BCUT2D eigenvalue weighted by atomic mass is 32.2. The summed E-state index contributed by atoms with van der Waals surface area (Å²) in [6, 6.07) is 20.3. The summed E-state index contributed by atoms with van der Waals surface area (Å²) in [5.41, 5.74) is 6.07. The lowest BCUT2D eigenvalue weighted by atomic mass is 10.1. The normalized spacial score (nSPS) is 11.7. The molecule has 3 aromatic carbocycles. The molecule has 0 bridgehead atoms. The summed E-state index contributed by atoms with van der Waals surface area (Å²) in [5, 5.41) is 13.1. The van der Waals surface area contributed by atoms with Crippen LogP contribution in [0.1, 0.15) is 22.3 Å². The molecule has 4 rings (SSSR count). The van der Waals surface area contributed by atoms with E-state index in [1.54, 1.807) is 0 Å². The molecular formula is C26H22F3N5OS. The van der Waals surface area contributed by atoms with Crippen LogP contribution >= 0.6 is 11.8 Å². The monoisotopic (exact) mass is 509 g/mol. The maximum absolute atomic E-state index is 12.7. The number of nitrogens with one attached hydrogen (secondary N) is 1. The average Bonchev–Trinajstić information content (AvgIpc) is 3.27. The van der Waals surface area contributed by atoms with Crippen LogP contribution in [-0.2, 0) is 11.0 Å². The van der Waals surface area contributed by atoms with Crippen molar-refractivity contribution in [1.82, 2.24) is 20.2 Å². The van der Waals surface area contributed by atoms with Crippen LogP contribution in [0.15, 0.2) is 83.1 Å². The van der Waals surface area contributed by atoms with Gasteiger partial charge in [0.25, 0.3) is 5.91 Å². The number of nitrogens with zero attached hydrogens (tertiary/aromatic N) is 4. The van der Waals surface area contributed by atoms with E-state index in [1.165, 1.54) is 30.1 Å². The standard InChI is InChI=1S/C26H22F3N5OS/c1-17-3-9-20(10-4-17)24-32-33-25(34(24)22-13-5-18(2)6-14-22)36-16-23(35)31-30-15-19-7-11-21(12-8-19)26(27,28)29/h3-15H,16H2,1-2H3,(H,31,35)/b30-15-. The minimum absolute atomic E-state index is 0.0161. The second kappa shape index (κ2) is 10.8. The third-order valence-corrected chi connectivity index (χ3v) is 6.14. The van der Waals surface area contributed by atoms with Crippen LogP contribution in [0.25, 0.3) is 17.1 Å². The van der Waals surface area contributed by atoms with Gasteiger partial charge in [0.15, 0.2) is 11.0 Å². The average molecular weight is 510 g/mol. The molecule has 1 amide bonds. The number of halogens is 3. The maximum Gasteiger partial charge on any atom is 0.416 e. The molecule has 0 spiro atoms. The van der Waals surface area contributed by atoms with Crippen molar-refractivity contribution in [2.75, 3.05) is 5.75 Å². The van der Waals surface area contributed by atoms with Crippen molar-refractivity contribution in [3.05, 3.63) is 95.1 Å². The number of hydrazone groups is 1. The number of hydrogen-bond donors (Lipinski definition) is 1. The van der Waals surface area contributed by atoms with E-state index >= 15 is 0 Å². The third kappa shape index (κ3) is 6.19. The van der Waals surface area contributed by atoms with Gasteiger partial charge < -0.3 is 0 Å². The van der Waals surface area contributed by atoms with E-state index in [2.05, 4.69) is 20.7 Å². The zero-order valence-corrected chi connectivity index (χ0v) is 20.3. The first-order chi connectivity index (χ1) is 17.2. The number of carbonyl (C=O) groups is 1. The molecule has 0 saturated carbocycles. The van der Waals surface area contributed by atoms with Gasteiger partial charge in [-0.15, -0.1) is 10.2 Å². The first-order valence-electron chi connectivity index (χ1n) is 10.9. The van der Waals surface area contributed by atoms with Gasteiger partial charge in [-0.05, 0) is 43.7 Å².